The first-order valence-corrected chi connectivity index (χ1v) is 7.62. The third-order valence-electron chi connectivity index (χ3n) is 3.73. The van der Waals surface area contributed by atoms with E-state index in [2.05, 4.69) is 56.9 Å². The Bertz CT molecular complexity index is 360. The van der Waals surface area contributed by atoms with Crippen LogP contribution in [0, 0.1) is 6.92 Å². The van der Waals surface area contributed by atoms with Crippen LogP contribution < -0.4 is 5.73 Å². The molecule has 0 aliphatic heterocycles. The molecule has 2 N–H and O–H groups in total. The number of aryl methyl sites for hydroxylation is 1. The van der Waals surface area contributed by atoms with Crippen molar-refractivity contribution in [3.05, 3.63) is 35.4 Å². The van der Waals surface area contributed by atoms with Gasteiger partial charge in [0.25, 0.3) is 0 Å². The SMILES string of the molecule is CCCCCN(C(C)C)C(CN)c1cccc(C)c1. The zero-order chi connectivity index (χ0) is 14.3. The summed E-state index contributed by atoms with van der Waals surface area (Å²) in [6.45, 7) is 10.8. The highest BCUT2D eigenvalue weighted by Crippen LogP contribution is 2.23. The average Bonchev–Trinajstić information content (AvgIpc) is 2.38. The molecule has 1 aromatic carbocycles. The molecule has 0 saturated heterocycles. The van der Waals surface area contributed by atoms with E-state index < -0.39 is 0 Å². The molecule has 0 heterocycles. The van der Waals surface area contributed by atoms with Crippen molar-refractivity contribution in [2.24, 2.45) is 5.73 Å². The van der Waals surface area contributed by atoms with Crippen molar-refractivity contribution >= 4 is 0 Å². The van der Waals surface area contributed by atoms with Gasteiger partial charge in [0.05, 0.1) is 0 Å². The molecule has 0 aromatic heterocycles. The van der Waals surface area contributed by atoms with Crippen LogP contribution in [0.4, 0.5) is 0 Å². The van der Waals surface area contributed by atoms with Crippen LogP contribution in [0.3, 0.4) is 0 Å². The molecule has 108 valence electrons. The molecular formula is C17H30N2. The fourth-order valence-electron chi connectivity index (χ4n) is 2.66. The van der Waals surface area contributed by atoms with Crippen LogP contribution in [0.15, 0.2) is 24.3 Å². The van der Waals surface area contributed by atoms with Crippen molar-refractivity contribution in [1.29, 1.82) is 0 Å². The van der Waals surface area contributed by atoms with E-state index in [-0.39, 0.29) is 0 Å². The lowest BCUT2D eigenvalue weighted by atomic mass is 10.0. The normalized spacial score (nSPS) is 13.2. The number of nitrogens with zero attached hydrogens (tertiary/aromatic N) is 1. The van der Waals surface area contributed by atoms with Gasteiger partial charge in [-0.1, -0.05) is 49.6 Å². The smallest absolute Gasteiger partial charge is 0.0473 e. The van der Waals surface area contributed by atoms with Gasteiger partial charge >= 0.3 is 0 Å². The zero-order valence-corrected chi connectivity index (χ0v) is 13.0. The number of benzene rings is 1. The highest BCUT2D eigenvalue weighted by atomic mass is 15.2. The minimum absolute atomic E-state index is 0.344. The summed E-state index contributed by atoms with van der Waals surface area (Å²) in [5, 5.41) is 0. The Morgan fingerprint density at radius 1 is 1.21 bits per heavy atom. The van der Waals surface area contributed by atoms with Crippen molar-refractivity contribution in [3.8, 4) is 0 Å². The van der Waals surface area contributed by atoms with Gasteiger partial charge in [-0.15, -0.1) is 0 Å². The van der Waals surface area contributed by atoms with Gasteiger partial charge in [-0.3, -0.25) is 4.90 Å². The van der Waals surface area contributed by atoms with Gasteiger partial charge in [-0.05, 0) is 39.3 Å². The third-order valence-corrected chi connectivity index (χ3v) is 3.73. The van der Waals surface area contributed by atoms with Crippen molar-refractivity contribution in [2.45, 2.75) is 59.0 Å². The molecule has 0 spiro atoms. The summed E-state index contributed by atoms with van der Waals surface area (Å²) in [5.41, 5.74) is 8.72. The number of hydrogen-bond acceptors (Lipinski definition) is 2. The number of hydrogen-bond donors (Lipinski definition) is 1. The third kappa shape index (κ3) is 4.96. The fourth-order valence-corrected chi connectivity index (χ4v) is 2.66. The Kier molecular flexibility index (Phi) is 7.11. The average molecular weight is 262 g/mol. The maximum absolute atomic E-state index is 6.06. The Balaban J connectivity index is 2.83. The predicted octanol–water partition coefficient (Wildman–Crippen LogP) is 3.90. The highest BCUT2D eigenvalue weighted by Gasteiger charge is 2.21. The van der Waals surface area contributed by atoms with Crippen LogP contribution in [0.1, 0.15) is 57.2 Å². The molecule has 19 heavy (non-hydrogen) atoms. The zero-order valence-electron chi connectivity index (χ0n) is 13.0. The molecule has 0 fully saturated rings. The maximum Gasteiger partial charge on any atom is 0.0473 e. The summed E-state index contributed by atoms with van der Waals surface area (Å²) in [4.78, 5) is 2.55. The van der Waals surface area contributed by atoms with Crippen LogP contribution in [0.5, 0.6) is 0 Å². The monoisotopic (exact) mass is 262 g/mol. The molecular weight excluding hydrogens is 232 g/mol. The van der Waals surface area contributed by atoms with Crippen molar-refractivity contribution in [3.63, 3.8) is 0 Å². The Hall–Kier alpha value is -0.860. The molecule has 2 nitrogen and oxygen atoms in total. The highest BCUT2D eigenvalue weighted by molar-refractivity contribution is 5.25. The quantitative estimate of drug-likeness (QED) is 0.720. The second kappa shape index (κ2) is 8.34. The first kappa shape index (κ1) is 16.2. The maximum atomic E-state index is 6.06. The molecule has 0 bridgehead atoms. The molecule has 0 saturated carbocycles. The molecule has 0 radical (unpaired) electrons. The van der Waals surface area contributed by atoms with Gasteiger partial charge in [0, 0.05) is 18.6 Å². The second-order valence-electron chi connectivity index (χ2n) is 5.70. The number of nitrogens with two attached hydrogens (primary N) is 1. The summed E-state index contributed by atoms with van der Waals surface area (Å²) in [6.07, 6.45) is 3.83. The van der Waals surface area contributed by atoms with Crippen LogP contribution in [-0.2, 0) is 0 Å². The van der Waals surface area contributed by atoms with Crippen molar-refractivity contribution in [1.82, 2.24) is 4.90 Å². The van der Waals surface area contributed by atoms with Crippen molar-refractivity contribution < 1.29 is 0 Å². The van der Waals surface area contributed by atoms with E-state index in [1.54, 1.807) is 0 Å². The first-order valence-electron chi connectivity index (χ1n) is 7.62. The number of rotatable bonds is 8. The van der Waals surface area contributed by atoms with Gasteiger partial charge < -0.3 is 5.73 Å². The van der Waals surface area contributed by atoms with E-state index in [1.165, 1.54) is 30.4 Å². The van der Waals surface area contributed by atoms with Gasteiger partial charge in [-0.25, -0.2) is 0 Å². The Morgan fingerprint density at radius 2 is 1.95 bits per heavy atom. The lowest BCUT2D eigenvalue weighted by Gasteiger charge is -2.35. The Labute approximate surface area is 119 Å². The van der Waals surface area contributed by atoms with Crippen LogP contribution >= 0.6 is 0 Å². The second-order valence-corrected chi connectivity index (χ2v) is 5.70. The van der Waals surface area contributed by atoms with Gasteiger partial charge in [0.2, 0.25) is 0 Å². The first-order chi connectivity index (χ1) is 9.10. The van der Waals surface area contributed by atoms with Gasteiger partial charge in [0.1, 0.15) is 0 Å². The van der Waals surface area contributed by atoms with Crippen molar-refractivity contribution in [2.75, 3.05) is 13.1 Å². The topological polar surface area (TPSA) is 29.3 Å². The molecule has 1 unspecified atom stereocenters. The van der Waals surface area contributed by atoms with E-state index >= 15 is 0 Å². The molecule has 0 aliphatic carbocycles. The van der Waals surface area contributed by atoms with Gasteiger partial charge in [0.15, 0.2) is 0 Å². The van der Waals surface area contributed by atoms with Crippen LogP contribution in [0.2, 0.25) is 0 Å². The van der Waals surface area contributed by atoms with E-state index in [4.69, 9.17) is 5.73 Å². The van der Waals surface area contributed by atoms with E-state index in [1.807, 2.05) is 0 Å². The standard InChI is InChI=1S/C17H30N2/c1-5-6-7-11-19(14(2)3)17(13-18)16-10-8-9-15(4)12-16/h8-10,12,14,17H,5-7,11,13,18H2,1-4H3. The van der Waals surface area contributed by atoms with Gasteiger partial charge in [-0.2, -0.15) is 0 Å². The summed E-state index contributed by atoms with van der Waals surface area (Å²) < 4.78 is 0. The van der Waals surface area contributed by atoms with E-state index in [0.29, 0.717) is 18.6 Å². The van der Waals surface area contributed by atoms with E-state index in [9.17, 15) is 0 Å². The molecule has 1 rings (SSSR count). The number of unbranched alkanes of at least 4 members (excludes halogenated alkanes) is 2. The largest absolute Gasteiger partial charge is 0.329 e. The molecule has 0 amide bonds. The molecule has 2 heteroatoms. The molecule has 1 atom stereocenters. The summed E-state index contributed by atoms with van der Waals surface area (Å²) in [6, 6.07) is 9.64. The molecule has 0 aliphatic rings. The lowest BCUT2D eigenvalue weighted by Crippen LogP contribution is -2.39. The Morgan fingerprint density at radius 3 is 2.47 bits per heavy atom. The minimum atomic E-state index is 0.344. The fraction of sp³-hybridized carbons (Fsp3) is 0.647. The summed E-state index contributed by atoms with van der Waals surface area (Å²) in [5.74, 6) is 0. The van der Waals surface area contributed by atoms with Crippen LogP contribution in [-0.4, -0.2) is 24.0 Å². The summed E-state index contributed by atoms with van der Waals surface area (Å²) in [7, 11) is 0. The van der Waals surface area contributed by atoms with Crippen LogP contribution in [0.25, 0.3) is 0 Å². The lowest BCUT2D eigenvalue weighted by molar-refractivity contribution is 0.154. The van der Waals surface area contributed by atoms with E-state index in [0.717, 1.165) is 6.54 Å². The predicted molar refractivity (Wildman–Crippen MR) is 84.3 cm³/mol. The molecule has 1 aromatic rings. The minimum Gasteiger partial charge on any atom is -0.329 e. The summed E-state index contributed by atoms with van der Waals surface area (Å²) >= 11 is 0.